The first-order chi connectivity index (χ1) is 11.4. The number of carbonyl (C=O) groups excluding carboxylic acids is 1. The van der Waals surface area contributed by atoms with Gasteiger partial charge in [0.1, 0.15) is 12.6 Å². The van der Waals surface area contributed by atoms with Crippen molar-refractivity contribution in [3.63, 3.8) is 0 Å². The monoisotopic (exact) mass is 336 g/mol. The van der Waals surface area contributed by atoms with Gasteiger partial charge in [0.15, 0.2) is 23.0 Å². The standard InChI is InChI=1S/C16H17FN2O5/c1-9(2)14(16(21)22)18-15(20)12-7-10(24-19-12)8-23-13-6-4-3-5-11(13)17/h3-7,9,14H,8H2,1-2H3,(H,18,20)(H,21,22)/t14-/m0/s1. The van der Waals surface area contributed by atoms with Crippen molar-refractivity contribution in [3.05, 3.63) is 47.6 Å². The molecule has 2 N–H and O–H groups in total. The number of ether oxygens (including phenoxy) is 1. The number of carboxylic acids is 1. The highest BCUT2D eigenvalue weighted by Gasteiger charge is 2.25. The van der Waals surface area contributed by atoms with E-state index in [4.69, 9.17) is 14.4 Å². The highest BCUT2D eigenvalue weighted by Crippen LogP contribution is 2.17. The molecule has 1 aromatic heterocycles. The van der Waals surface area contributed by atoms with E-state index < -0.39 is 23.7 Å². The number of hydrogen-bond donors (Lipinski definition) is 2. The average molecular weight is 336 g/mol. The third-order valence-corrected chi connectivity index (χ3v) is 3.22. The molecule has 2 rings (SSSR count). The number of benzene rings is 1. The lowest BCUT2D eigenvalue weighted by molar-refractivity contribution is -0.140. The number of halogens is 1. The van der Waals surface area contributed by atoms with Crippen LogP contribution in [-0.4, -0.2) is 28.2 Å². The lowest BCUT2D eigenvalue weighted by Gasteiger charge is -2.16. The maximum atomic E-state index is 13.4. The first-order valence-electron chi connectivity index (χ1n) is 7.25. The summed E-state index contributed by atoms with van der Waals surface area (Å²) < 4.78 is 23.6. The Bertz CT molecular complexity index is 729. The van der Waals surface area contributed by atoms with E-state index in [2.05, 4.69) is 10.5 Å². The Morgan fingerprint density at radius 3 is 2.71 bits per heavy atom. The minimum atomic E-state index is -1.13. The number of para-hydroxylation sites is 1. The molecule has 0 aliphatic carbocycles. The van der Waals surface area contributed by atoms with Crippen molar-refractivity contribution < 1.29 is 28.3 Å². The van der Waals surface area contributed by atoms with Crippen molar-refractivity contribution in [3.8, 4) is 5.75 Å². The van der Waals surface area contributed by atoms with Crippen LogP contribution in [-0.2, 0) is 11.4 Å². The van der Waals surface area contributed by atoms with Gasteiger partial charge < -0.3 is 19.7 Å². The molecule has 0 radical (unpaired) electrons. The highest BCUT2D eigenvalue weighted by molar-refractivity contribution is 5.94. The van der Waals surface area contributed by atoms with Crippen molar-refractivity contribution in [2.45, 2.75) is 26.5 Å². The first kappa shape index (κ1) is 17.5. The van der Waals surface area contributed by atoms with Gasteiger partial charge in [-0.15, -0.1) is 0 Å². The molecule has 1 amide bonds. The maximum Gasteiger partial charge on any atom is 0.326 e. The van der Waals surface area contributed by atoms with Crippen LogP contribution in [0.4, 0.5) is 4.39 Å². The molecule has 0 saturated carbocycles. The SMILES string of the molecule is CC(C)[C@H](NC(=O)c1cc(COc2ccccc2F)on1)C(=O)O. The molecule has 1 heterocycles. The van der Waals surface area contributed by atoms with E-state index in [-0.39, 0.29) is 29.7 Å². The molecule has 1 aromatic carbocycles. The van der Waals surface area contributed by atoms with Crippen LogP contribution in [0.2, 0.25) is 0 Å². The summed E-state index contributed by atoms with van der Waals surface area (Å²) in [6, 6.07) is 6.15. The Balaban J connectivity index is 1.98. The second kappa shape index (κ2) is 7.58. The van der Waals surface area contributed by atoms with Crippen molar-refractivity contribution in [2.24, 2.45) is 5.92 Å². The van der Waals surface area contributed by atoms with Crippen molar-refractivity contribution in [1.82, 2.24) is 10.5 Å². The van der Waals surface area contributed by atoms with Crippen LogP contribution in [0.1, 0.15) is 30.1 Å². The molecule has 0 unspecified atom stereocenters. The van der Waals surface area contributed by atoms with Crippen LogP contribution >= 0.6 is 0 Å². The van der Waals surface area contributed by atoms with E-state index in [1.165, 1.54) is 24.3 Å². The smallest absolute Gasteiger partial charge is 0.326 e. The molecule has 0 bridgehead atoms. The normalized spacial score (nSPS) is 12.0. The van der Waals surface area contributed by atoms with Crippen molar-refractivity contribution in [2.75, 3.05) is 0 Å². The lowest BCUT2D eigenvalue weighted by Crippen LogP contribution is -2.44. The topological polar surface area (TPSA) is 102 Å². The van der Waals surface area contributed by atoms with Gasteiger partial charge in [0.2, 0.25) is 0 Å². The Morgan fingerprint density at radius 1 is 1.38 bits per heavy atom. The molecule has 24 heavy (non-hydrogen) atoms. The molecule has 0 aliphatic heterocycles. The average Bonchev–Trinajstić information content (AvgIpc) is 3.00. The number of nitrogens with one attached hydrogen (secondary N) is 1. The zero-order valence-electron chi connectivity index (χ0n) is 13.2. The Hall–Kier alpha value is -2.90. The van der Waals surface area contributed by atoms with Crippen LogP contribution < -0.4 is 10.1 Å². The number of carbonyl (C=O) groups is 2. The second-order valence-electron chi connectivity index (χ2n) is 5.43. The third-order valence-electron chi connectivity index (χ3n) is 3.22. The summed E-state index contributed by atoms with van der Waals surface area (Å²) in [5, 5.41) is 15.0. The fraction of sp³-hybridized carbons (Fsp3) is 0.312. The zero-order chi connectivity index (χ0) is 17.7. The number of rotatable bonds is 7. The molecule has 1 atom stereocenters. The molecule has 0 fully saturated rings. The molecular weight excluding hydrogens is 319 g/mol. The van der Waals surface area contributed by atoms with Gasteiger partial charge in [0, 0.05) is 6.07 Å². The number of hydrogen-bond acceptors (Lipinski definition) is 5. The van der Waals surface area contributed by atoms with E-state index in [9.17, 15) is 14.0 Å². The van der Waals surface area contributed by atoms with Crippen LogP contribution in [0.25, 0.3) is 0 Å². The summed E-state index contributed by atoms with van der Waals surface area (Å²) in [5.74, 6) is -2.36. The van der Waals surface area contributed by atoms with Gasteiger partial charge >= 0.3 is 5.97 Å². The fourth-order valence-corrected chi connectivity index (χ4v) is 1.93. The van der Waals surface area contributed by atoms with E-state index in [1.54, 1.807) is 19.9 Å². The molecule has 0 aliphatic rings. The Labute approximate surface area is 137 Å². The lowest BCUT2D eigenvalue weighted by atomic mass is 10.0. The van der Waals surface area contributed by atoms with E-state index >= 15 is 0 Å². The number of amides is 1. The van der Waals surface area contributed by atoms with Gasteiger partial charge in [-0.25, -0.2) is 9.18 Å². The van der Waals surface area contributed by atoms with Crippen LogP contribution in [0.3, 0.4) is 0 Å². The van der Waals surface area contributed by atoms with Gasteiger partial charge in [-0.2, -0.15) is 0 Å². The minimum absolute atomic E-state index is 0.0469. The van der Waals surface area contributed by atoms with E-state index in [1.807, 2.05) is 0 Å². The van der Waals surface area contributed by atoms with Crippen LogP contribution in [0.5, 0.6) is 5.75 Å². The van der Waals surface area contributed by atoms with Gasteiger partial charge in [-0.1, -0.05) is 31.1 Å². The van der Waals surface area contributed by atoms with Gasteiger partial charge in [0.05, 0.1) is 0 Å². The Morgan fingerprint density at radius 2 is 2.08 bits per heavy atom. The summed E-state index contributed by atoms with van der Waals surface area (Å²) in [6.45, 7) is 3.23. The third kappa shape index (κ3) is 4.31. The summed E-state index contributed by atoms with van der Waals surface area (Å²) >= 11 is 0. The molecule has 0 saturated heterocycles. The first-order valence-corrected chi connectivity index (χ1v) is 7.25. The summed E-state index contributed by atoms with van der Waals surface area (Å²) in [4.78, 5) is 23.1. The molecule has 0 spiro atoms. The predicted molar refractivity (Wildman–Crippen MR) is 81.0 cm³/mol. The van der Waals surface area contributed by atoms with Crippen molar-refractivity contribution in [1.29, 1.82) is 0 Å². The molecule has 8 heteroatoms. The molecule has 7 nitrogen and oxygen atoms in total. The Kier molecular flexibility index (Phi) is 5.51. The quantitative estimate of drug-likeness (QED) is 0.804. The maximum absolute atomic E-state index is 13.4. The van der Waals surface area contributed by atoms with Gasteiger partial charge in [-0.05, 0) is 18.1 Å². The summed E-state index contributed by atoms with van der Waals surface area (Å²) in [6.07, 6.45) is 0. The number of nitrogens with zero attached hydrogens (tertiary/aromatic N) is 1. The molecule has 2 aromatic rings. The van der Waals surface area contributed by atoms with Crippen LogP contribution in [0.15, 0.2) is 34.9 Å². The number of aliphatic carboxylic acids is 1. The predicted octanol–water partition coefficient (Wildman–Crippen LogP) is 2.23. The zero-order valence-corrected chi connectivity index (χ0v) is 13.2. The van der Waals surface area contributed by atoms with Crippen molar-refractivity contribution >= 4 is 11.9 Å². The minimum Gasteiger partial charge on any atom is -0.482 e. The second-order valence-corrected chi connectivity index (χ2v) is 5.43. The summed E-state index contributed by atoms with van der Waals surface area (Å²) in [5.41, 5.74) is -0.0750. The summed E-state index contributed by atoms with van der Waals surface area (Å²) in [7, 11) is 0. The van der Waals surface area contributed by atoms with E-state index in [0.29, 0.717) is 0 Å². The van der Waals surface area contributed by atoms with Crippen LogP contribution in [0, 0.1) is 11.7 Å². The van der Waals surface area contributed by atoms with Gasteiger partial charge in [0.25, 0.3) is 5.91 Å². The number of aromatic nitrogens is 1. The number of carboxylic acid groups (broad SMARTS) is 1. The van der Waals surface area contributed by atoms with Gasteiger partial charge in [-0.3, -0.25) is 4.79 Å². The van der Waals surface area contributed by atoms with E-state index in [0.717, 1.165) is 0 Å². The fourth-order valence-electron chi connectivity index (χ4n) is 1.93. The highest BCUT2D eigenvalue weighted by atomic mass is 19.1. The molecular formula is C16H17FN2O5. The largest absolute Gasteiger partial charge is 0.482 e. The molecule has 128 valence electrons.